The molecule has 5 rings (SSSR count). The number of phenols is 1. The molecule has 1 heterocycles. The van der Waals surface area contributed by atoms with Crippen molar-refractivity contribution in [1.82, 2.24) is 0 Å². The standard InChI is InChI=1S/C35H48O11/c1-18(2)35(43)15-21-22(38)14-25-33(3,4)13-12-26(34(25,5)28(21)23(39)16-35)45-32-31(30(42)29(41)24(17-36)44-32)46-27(40)11-8-19-6-9-20(37)10-7-19/h6-11,18,23-26,29-32,36-37,39,41-43H,12-17H2,1-5H3/t23-,24-,25+,26+,29-,30+,31-,32+,34-,35-/m1/s1. The maximum absolute atomic E-state index is 13.7. The van der Waals surface area contributed by atoms with Crippen molar-refractivity contribution in [2.75, 3.05) is 6.61 Å². The van der Waals surface area contributed by atoms with Crippen LogP contribution in [-0.4, -0.2) is 97.5 Å². The smallest absolute Gasteiger partial charge is 0.331 e. The number of phenolic OH excluding ortho intramolecular Hbond substituents is 1. The molecule has 4 aliphatic rings. The second-order valence-corrected chi connectivity index (χ2v) is 14.7. The van der Waals surface area contributed by atoms with E-state index in [0.717, 1.165) is 6.08 Å². The minimum absolute atomic E-state index is 0.0667. The number of esters is 1. The van der Waals surface area contributed by atoms with E-state index in [1.54, 1.807) is 12.1 Å². The van der Waals surface area contributed by atoms with Crippen molar-refractivity contribution in [2.24, 2.45) is 22.7 Å². The number of hydrogen-bond donors (Lipinski definition) is 6. The van der Waals surface area contributed by atoms with E-state index >= 15 is 0 Å². The predicted octanol–water partition coefficient (Wildman–Crippen LogP) is 2.40. The Labute approximate surface area is 269 Å². The number of aliphatic hydroxyl groups excluding tert-OH is 4. The van der Waals surface area contributed by atoms with Crippen molar-refractivity contribution in [1.29, 1.82) is 0 Å². The molecule has 3 aliphatic carbocycles. The fourth-order valence-corrected chi connectivity index (χ4v) is 8.24. The van der Waals surface area contributed by atoms with Crippen molar-refractivity contribution >= 4 is 17.8 Å². The maximum Gasteiger partial charge on any atom is 0.331 e. The molecule has 0 spiro atoms. The summed E-state index contributed by atoms with van der Waals surface area (Å²) >= 11 is 0. The zero-order valence-corrected chi connectivity index (χ0v) is 27.1. The summed E-state index contributed by atoms with van der Waals surface area (Å²) in [5.41, 5.74) is -0.858. The number of rotatable bonds is 7. The van der Waals surface area contributed by atoms with Gasteiger partial charge in [0.15, 0.2) is 18.2 Å². The molecule has 1 aromatic rings. The third-order valence-electron chi connectivity index (χ3n) is 11.1. The van der Waals surface area contributed by atoms with Gasteiger partial charge < -0.3 is 44.8 Å². The third kappa shape index (κ3) is 6.19. The summed E-state index contributed by atoms with van der Waals surface area (Å²) in [5.74, 6) is -1.31. The first kappa shape index (κ1) is 34.7. The number of hydrogen-bond acceptors (Lipinski definition) is 11. The Morgan fingerprint density at radius 3 is 2.41 bits per heavy atom. The van der Waals surface area contributed by atoms with Crippen LogP contribution < -0.4 is 0 Å². The summed E-state index contributed by atoms with van der Waals surface area (Å²) in [6.45, 7) is 9.25. The van der Waals surface area contributed by atoms with Gasteiger partial charge in [0.1, 0.15) is 24.1 Å². The van der Waals surface area contributed by atoms with Crippen LogP contribution in [0.3, 0.4) is 0 Å². The zero-order chi connectivity index (χ0) is 33.8. The number of benzene rings is 1. The molecular formula is C35H48O11. The summed E-state index contributed by atoms with van der Waals surface area (Å²) in [6, 6.07) is 6.12. The Kier molecular flexibility index (Phi) is 9.62. The minimum Gasteiger partial charge on any atom is -0.508 e. The minimum atomic E-state index is -1.66. The summed E-state index contributed by atoms with van der Waals surface area (Å²) in [5, 5.41) is 64.2. The largest absolute Gasteiger partial charge is 0.508 e. The van der Waals surface area contributed by atoms with E-state index in [1.165, 1.54) is 18.2 Å². The van der Waals surface area contributed by atoms with Gasteiger partial charge in [0.2, 0.25) is 0 Å². The Hall–Kier alpha value is -2.64. The van der Waals surface area contributed by atoms with Crippen molar-refractivity contribution in [3.05, 3.63) is 47.1 Å². The van der Waals surface area contributed by atoms with Crippen molar-refractivity contribution in [3.63, 3.8) is 0 Å². The van der Waals surface area contributed by atoms with Crippen molar-refractivity contribution in [2.45, 2.75) is 115 Å². The van der Waals surface area contributed by atoms with E-state index in [-0.39, 0.29) is 48.0 Å². The van der Waals surface area contributed by atoms with Crippen LogP contribution in [0.4, 0.5) is 0 Å². The highest BCUT2D eigenvalue weighted by molar-refractivity contribution is 5.98. The fraction of sp³-hybridized carbons (Fsp3) is 0.657. The number of fused-ring (bicyclic) bond motifs is 2. The van der Waals surface area contributed by atoms with E-state index in [4.69, 9.17) is 14.2 Å². The SMILES string of the molecule is CC(C)[C@@]1(O)CC2=C([C@H](O)C1)[C@@]1(C)[C@@H](O[C@@H]3O[C@H](CO)[C@@H](O)[C@H](O)[C@H]3OC(=O)C=Cc3ccc(O)cc3)CCC(C)(C)[C@@H]1CC2=O. The molecule has 1 aromatic carbocycles. The average Bonchev–Trinajstić information content (AvgIpc) is 2.99. The molecule has 1 saturated heterocycles. The first-order valence-electron chi connectivity index (χ1n) is 16.1. The first-order valence-corrected chi connectivity index (χ1v) is 16.1. The summed E-state index contributed by atoms with van der Waals surface area (Å²) in [6.07, 6.45) is -4.98. The number of Topliss-reactive ketones (excluding diaryl/α,β-unsaturated/α-hetero) is 1. The van der Waals surface area contributed by atoms with Gasteiger partial charge in [-0.15, -0.1) is 0 Å². The van der Waals surface area contributed by atoms with Gasteiger partial charge in [-0.25, -0.2) is 4.79 Å². The molecule has 0 aromatic heterocycles. The lowest BCUT2D eigenvalue weighted by Gasteiger charge is -2.60. The average molecular weight is 645 g/mol. The third-order valence-corrected chi connectivity index (χ3v) is 11.1. The summed E-state index contributed by atoms with van der Waals surface area (Å²) in [4.78, 5) is 26.6. The quantitative estimate of drug-likeness (QED) is 0.189. The van der Waals surface area contributed by atoms with Crippen LogP contribution in [0.15, 0.2) is 41.5 Å². The van der Waals surface area contributed by atoms with Crippen molar-refractivity contribution < 1.29 is 54.4 Å². The van der Waals surface area contributed by atoms with Gasteiger partial charge in [-0.1, -0.05) is 46.8 Å². The number of ketones is 1. The predicted molar refractivity (Wildman–Crippen MR) is 166 cm³/mol. The van der Waals surface area contributed by atoms with Gasteiger partial charge in [-0.05, 0) is 59.4 Å². The lowest BCUT2D eigenvalue weighted by molar-refractivity contribution is -0.326. The van der Waals surface area contributed by atoms with Crippen LogP contribution in [0.5, 0.6) is 5.75 Å². The van der Waals surface area contributed by atoms with Gasteiger partial charge >= 0.3 is 5.97 Å². The molecular weight excluding hydrogens is 596 g/mol. The number of aromatic hydroxyl groups is 1. The fourth-order valence-electron chi connectivity index (χ4n) is 8.24. The number of carbonyl (C=O) groups is 2. The first-order chi connectivity index (χ1) is 21.5. The molecule has 0 amide bonds. The molecule has 0 bridgehead atoms. The van der Waals surface area contributed by atoms with Gasteiger partial charge in [0, 0.05) is 36.3 Å². The van der Waals surface area contributed by atoms with Crippen LogP contribution in [0.25, 0.3) is 6.08 Å². The zero-order valence-electron chi connectivity index (χ0n) is 27.1. The monoisotopic (exact) mass is 644 g/mol. The van der Waals surface area contributed by atoms with Crippen LogP contribution in [0, 0.1) is 22.7 Å². The molecule has 2 fully saturated rings. The second-order valence-electron chi connectivity index (χ2n) is 14.7. The molecule has 10 atom stereocenters. The van der Waals surface area contributed by atoms with E-state index < -0.39 is 66.5 Å². The molecule has 1 saturated carbocycles. The van der Waals surface area contributed by atoms with Crippen LogP contribution in [0.2, 0.25) is 0 Å². The molecule has 6 N–H and O–H groups in total. The molecule has 0 unspecified atom stereocenters. The van der Waals surface area contributed by atoms with E-state index in [1.807, 2.05) is 20.8 Å². The molecule has 0 radical (unpaired) electrons. The number of carbonyl (C=O) groups excluding carboxylic acids is 2. The normalized spacial score (nSPS) is 39.3. The summed E-state index contributed by atoms with van der Waals surface area (Å²) in [7, 11) is 0. The van der Waals surface area contributed by atoms with E-state index in [2.05, 4.69) is 13.8 Å². The molecule has 1 aliphatic heterocycles. The topological polar surface area (TPSA) is 183 Å². The second kappa shape index (κ2) is 12.8. The van der Waals surface area contributed by atoms with Crippen LogP contribution in [-0.2, 0) is 23.8 Å². The number of ether oxygens (including phenoxy) is 3. The Morgan fingerprint density at radius 2 is 1.78 bits per heavy atom. The van der Waals surface area contributed by atoms with E-state index in [9.17, 15) is 40.2 Å². The summed E-state index contributed by atoms with van der Waals surface area (Å²) < 4.78 is 18.2. The van der Waals surface area contributed by atoms with Gasteiger partial charge in [-0.2, -0.15) is 0 Å². The maximum atomic E-state index is 13.7. The van der Waals surface area contributed by atoms with Gasteiger partial charge in [0.05, 0.1) is 24.4 Å². The lowest BCUT2D eigenvalue weighted by Crippen LogP contribution is -2.64. The highest BCUT2D eigenvalue weighted by Crippen LogP contribution is 2.63. The van der Waals surface area contributed by atoms with Crippen molar-refractivity contribution in [3.8, 4) is 5.75 Å². The molecule has 254 valence electrons. The van der Waals surface area contributed by atoms with Gasteiger partial charge in [-0.3, -0.25) is 4.79 Å². The Bertz CT molecular complexity index is 1370. The van der Waals surface area contributed by atoms with Gasteiger partial charge in [0.25, 0.3) is 0 Å². The molecule has 11 heteroatoms. The number of aliphatic hydroxyl groups is 5. The Balaban J connectivity index is 1.48. The molecule has 11 nitrogen and oxygen atoms in total. The highest BCUT2D eigenvalue weighted by Gasteiger charge is 2.62. The highest BCUT2D eigenvalue weighted by atomic mass is 16.7. The van der Waals surface area contributed by atoms with Crippen LogP contribution >= 0.6 is 0 Å². The lowest BCUT2D eigenvalue weighted by atomic mass is 9.46. The van der Waals surface area contributed by atoms with E-state index in [0.29, 0.717) is 29.6 Å². The van der Waals surface area contributed by atoms with Crippen LogP contribution in [0.1, 0.15) is 72.3 Å². The Morgan fingerprint density at radius 1 is 1.11 bits per heavy atom. The molecule has 46 heavy (non-hydrogen) atoms.